The van der Waals surface area contributed by atoms with Crippen molar-refractivity contribution in [2.75, 3.05) is 26.9 Å². The quantitative estimate of drug-likeness (QED) is 0.906. The molecule has 2 saturated heterocycles. The Hall–Kier alpha value is -2.08. The number of para-hydroxylation sites is 1. The lowest BCUT2D eigenvalue weighted by Crippen LogP contribution is -2.46. The highest BCUT2D eigenvalue weighted by atomic mass is 16.5. The largest absolute Gasteiger partial charge is 0.496 e. The van der Waals surface area contributed by atoms with Crippen LogP contribution >= 0.6 is 0 Å². The summed E-state index contributed by atoms with van der Waals surface area (Å²) in [5.74, 6) is 0.256. The van der Waals surface area contributed by atoms with Crippen LogP contribution in [0.4, 0.5) is 0 Å². The van der Waals surface area contributed by atoms with Gasteiger partial charge >= 0.3 is 0 Å². The average Bonchev–Trinajstić information content (AvgIpc) is 2.96. The van der Waals surface area contributed by atoms with Gasteiger partial charge in [0.05, 0.1) is 12.7 Å². The van der Waals surface area contributed by atoms with E-state index in [1.807, 2.05) is 11.0 Å². The van der Waals surface area contributed by atoms with Gasteiger partial charge in [-0.05, 0) is 31.4 Å². The first kappa shape index (κ1) is 15.8. The summed E-state index contributed by atoms with van der Waals surface area (Å²) in [4.78, 5) is 26.9. The zero-order valence-corrected chi connectivity index (χ0v) is 13.3. The minimum absolute atomic E-state index is 0.0140. The summed E-state index contributed by atoms with van der Waals surface area (Å²) < 4.78 is 10.6. The number of carbonyl (C=O) groups excluding carboxylic acids is 2. The predicted molar refractivity (Wildman–Crippen MR) is 84.4 cm³/mol. The molecule has 1 aromatic rings. The Morgan fingerprint density at radius 2 is 2.00 bits per heavy atom. The predicted octanol–water partition coefficient (Wildman–Crippen LogP) is 1.20. The van der Waals surface area contributed by atoms with Crippen LogP contribution in [0.5, 0.6) is 5.75 Å². The molecule has 0 bridgehead atoms. The maximum atomic E-state index is 12.6. The van der Waals surface area contributed by atoms with E-state index in [-0.39, 0.29) is 17.9 Å². The van der Waals surface area contributed by atoms with Crippen LogP contribution in [0.1, 0.15) is 29.6 Å². The number of likely N-dealkylation sites (tertiary alicyclic amines) is 1. The van der Waals surface area contributed by atoms with E-state index in [9.17, 15) is 9.59 Å². The molecule has 1 N–H and O–H groups in total. The van der Waals surface area contributed by atoms with Gasteiger partial charge in [0.1, 0.15) is 11.8 Å². The van der Waals surface area contributed by atoms with Crippen LogP contribution in [-0.2, 0) is 9.53 Å². The molecule has 2 aliphatic rings. The SMILES string of the molecule is COc1ccccc1C(=O)NC1CCN(C2CCOCC2)C1=O. The highest BCUT2D eigenvalue weighted by molar-refractivity contribution is 6.00. The van der Waals surface area contributed by atoms with Gasteiger partial charge in [-0.1, -0.05) is 12.1 Å². The molecule has 2 amide bonds. The first-order chi connectivity index (χ1) is 11.2. The molecule has 1 aromatic carbocycles. The molecule has 6 heteroatoms. The average molecular weight is 318 g/mol. The molecule has 0 aliphatic carbocycles. The zero-order chi connectivity index (χ0) is 16.2. The van der Waals surface area contributed by atoms with Crippen molar-refractivity contribution < 1.29 is 19.1 Å². The number of nitrogens with one attached hydrogen (secondary N) is 1. The lowest BCUT2D eigenvalue weighted by Gasteiger charge is -2.31. The van der Waals surface area contributed by atoms with E-state index in [0.717, 1.165) is 12.8 Å². The molecule has 0 radical (unpaired) electrons. The van der Waals surface area contributed by atoms with Gasteiger partial charge in [-0.25, -0.2) is 0 Å². The third-order valence-corrected chi connectivity index (χ3v) is 4.53. The first-order valence-electron chi connectivity index (χ1n) is 8.03. The lowest BCUT2D eigenvalue weighted by atomic mass is 10.1. The monoisotopic (exact) mass is 318 g/mol. The number of rotatable bonds is 4. The van der Waals surface area contributed by atoms with Gasteiger partial charge in [0.25, 0.3) is 5.91 Å². The fourth-order valence-electron chi connectivity index (χ4n) is 3.26. The summed E-state index contributed by atoms with van der Waals surface area (Å²) in [6.07, 6.45) is 2.40. The van der Waals surface area contributed by atoms with Crippen molar-refractivity contribution in [3.05, 3.63) is 29.8 Å². The van der Waals surface area contributed by atoms with Crippen molar-refractivity contribution in [3.63, 3.8) is 0 Å². The summed E-state index contributed by atoms with van der Waals surface area (Å²) >= 11 is 0. The Labute approximate surface area is 135 Å². The number of hydrogen-bond acceptors (Lipinski definition) is 4. The van der Waals surface area contributed by atoms with Gasteiger partial charge in [0.2, 0.25) is 5.91 Å². The van der Waals surface area contributed by atoms with E-state index in [0.29, 0.717) is 37.5 Å². The molecule has 1 atom stereocenters. The minimum Gasteiger partial charge on any atom is -0.496 e. The van der Waals surface area contributed by atoms with Crippen molar-refractivity contribution in [2.24, 2.45) is 0 Å². The van der Waals surface area contributed by atoms with Crippen molar-refractivity contribution in [1.82, 2.24) is 10.2 Å². The Balaban J connectivity index is 1.64. The van der Waals surface area contributed by atoms with Gasteiger partial charge in [-0.3, -0.25) is 9.59 Å². The Morgan fingerprint density at radius 3 is 2.74 bits per heavy atom. The highest BCUT2D eigenvalue weighted by Gasteiger charge is 2.37. The summed E-state index contributed by atoms with van der Waals surface area (Å²) in [5, 5.41) is 2.85. The van der Waals surface area contributed by atoms with Crippen LogP contribution in [0, 0.1) is 0 Å². The smallest absolute Gasteiger partial charge is 0.255 e. The normalized spacial score (nSPS) is 22.2. The second-order valence-electron chi connectivity index (χ2n) is 5.89. The first-order valence-corrected chi connectivity index (χ1v) is 8.03. The van der Waals surface area contributed by atoms with E-state index in [4.69, 9.17) is 9.47 Å². The number of hydrogen-bond donors (Lipinski definition) is 1. The third kappa shape index (κ3) is 3.32. The maximum absolute atomic E-state index is 12.6. The van der Waals surface area contributed by atoms with Crippen LogP contribution < -0.4 is 10.1 Å². The fraction of sp³-hybridized carbons (Fsp3) is 0.529. The topological polar surface area (TPSA) is 67.9 Å². The standard InChI is InChI=1S/C17H22N2O4/c1-22-15-5-3-2-4-13(15)16(20)18-14-6-9-19(17(14)21)12-7-10-23-11-8-12/h2-5,12,14H,6-11H2,1H3,(H,18,20). The zero-order valence-electron chi connectivity index (χ0n) is 13.3. The van der Waals surface area contributed by atoms with E-state index in [1.165, 1.54) is 7.11 Å². The number of ether oxygens (including phenoxy) is 2. The Bertz CT molecular complexity index is 584. The molecule has 23 heavy (non-hydrogen) atoms. The van der Waals surface area contributed by atoms with Crippen LogP contribution in [0.3, 0.4) is 0 Å². The molecule has 0 saturated carbocycles. The molecule has 6 nitrogen and oxygen atoms in total. The maximum Gasteiger partial charge on any atom is 0.255 e. The third-order valence-electron chi connectivity index (χ3n) is 4.53. The highest BCUT2D eigenvalue weighted by Crippen LogP contribution is 2.22. The number of nitrogens with zero attached hydrogens (tertiary/aromatic N) is 1. The molecule has 2 heterocycles. The second kappa shape index (κ2) is 7.00. The van der Waals surface area contributed by atoms with Crippen molar-refractivity contribution in [3.8, 4) is 5.75 Å². The van der Waals surface area contributed by atoms with Gasteiger partial charge in [-0.2, -0.15) is 0 Å². The van der Waals surface area contributed by atoms with Crippen molar-refractivity contribution in [2.45, 2.75) is 31.3 Å². The van der Waals surface area contributed by atoms with Gasteiger partial charge < -0.3 is 19.7 Å². The lowest BCUT2D eigenvalue weighted by molar-refractivity contribution is -0.132. The number of benzene rings is 1. The van der Waals surface area contributed by atoms with E-state index >= 15 is 0 Å². The van der Waals surface area contributed by atoms with Crippen LogP contribution in [0.2, 0.25) is 0 Å². The number of amides is 2. The Kier molecular flexibility index (Phi) is 4.81. The van der Waals surface area contributed by atoms with Gasteiger partial charge in [0.15, 0.2) is 0 Å². The van der Waals surface area contributed by atoms with Gasteiger partial charge in [-0.15, -0.1) is 0 Å². The van der Waals surface area contributed by atoms with Crippen LogP contribution in [0.15, 0.2) is 24.3 Å². The summed E-state index contributed by atoms with van der Waals surface area (Å²) in [5.41, 5.74) is 0.451. The summed E-state index contributed by atoms with van der Waals surface area (Å²) in [7, 11) is 1.53. The number of methoxy groups -OCH3 is 1. The molecular weight excluding hydrogens is 296 g/mol. The molecule has 124 valence electrons. The van der Waals surface area contributed by atoms with Crippen molar-refractivity contribution >= 4 is 11.8 Å². The molecule has 0 spiro atoms. The molecule has 0 aromatic heterocycles. The molecule has 1 unspecified atom stereocenters. The van der Waals surface area contributed by atoms with Gasteiger partial charge in [0, 0.05) is 25.8 Å². The second-order valence-corrected chi connectivity index (χ2v) is 5.89. The fourth-order valence-corrected chi connectivity index (χ4v) is 3.26. The molecule has 2 aliphatic heterocycles. The molecule has 2 fully saturated rings. The Morgan fingerprint density at radius 1 is 1.26 bits per heavy atom. The summed E-state index contributed by atoms with van der Waals surface area (Å²) in [6, 6.07) is 6.81. The molecular formula is C17H22N2O4. The van der Waals surface area contributed by atoms with Crippen LogP contribution in [0.25, 0.3) is 0 Å². The summed E-state index contributed by atoms with van der Waals surface area (Å²) in [6.45, 7) is 2.10. The van der Waals surface area contributed by atoms with E-state index in [2.05, 4.69) is 5.32 Å². The van der Waals surface area contributed by atoms with Crippen LogP contribution in [-0.4, -0.2) is 55.7 Å². The van der Waals surface area contributed by atoms with E-state index in [1.54, 1.807) is 18.2 Å². The molecule has 3 rings (SSSR count). The van der Waals surface area contributed by atoms with Crippen molar-refractivity contribution in [1.29, 1.82) is 0 Å². The minimum atomic E-state index is -0.449. The number of carbonyl (C=O) groups is 2. The van der Waals surface area contributed by atoms with E-state index < -0.39 is 6.04 Å².